The molecule has 3 aliphatic rings. The van der Waals surface area contributed by atoms with Crippen LogP contribution in [0.3, 0.4) is 0 Å². The first-order chi connectivity index (χ1) is 11.7. The Hall–Kier alpha value is -1.40. The number of thiophene rings is 1. The molecule has 6 heteroatoms. The van der Waals surface area contributed by atoms with Crippen molar-refractivity contribution in [3.63, 3.8) is 0 Å². The van der Waals surface area contributed by atoms with Crippen LogP contribution in [-0.2, 0) is 9.63 Å². The van der Waals surface area contributed by atoms with E-state index in [0.29, 0.717) is 19.7 Å². The maximum atomic E-state index is 13.0. The molecule has 4 rings (SSSR count). The molecule has 24 heavy (non-hydrogen) atoms. The summed E-state index contributed by atoms with van der Waals surface area (Å²) in [5, 5.41) is 5.45. The molecule has 5 nitrogen and oxygen atoms in total. The van der Waals surface area contributed by atoms with Crippen LogP contribution in [0.4, 0.5) is 0 Å². The third-order valence-electron chi connectivity index (χ3n) is 5.89. The van der Waals surface area contributed by atoms with Gasteiger partial charge in [0.1, 0.15) is 0 Å². The Kier molecular flexibility index (Phi) is 4.35. The first kappa shape index (κ1) is 16.1. The van der Waals surface area contributed by atoms with Gasteiger partial charge in [-0.3, -0.25) is 14.4 Å². The Labute approximate surface area is 146 Å². The number of hydrogen-bond acceptors (Lipinski definition) is 4. The van der Waals surface area contributed by atoms with Crippen LogP contribution in [0.5, 0.6) is 0 Å². The summed E-state index contributed by atoms with van der Waals surface area (Å²) in [6.07, 6.45) is 6.04. The molecule has 0 bridgehead atoms. The molecule has 1 aromatic rings. The van der Waals surface area contributed by atoms with E-state index in [-0.39, 0.29) is 23.1 Å². The molecular weight excluding hydrogens is 324 g/mol. The second kappa shape index (κ2) is 6.48. The van der Waals surface area contributed by atoms with Crippen molar-refractivity contribution in [1.82, 2.24) is 9.96 Å². The molecule has 1 aliphatic carbocycles. The maximum absolute atomic E-state index is 13.0. The summed E-state index contributed by atoms with van der Waals surface area (Å²) in [6.45, 7) is 2.84. The predicted octanol–water partition coefficient (Wildman–Crippen LogP) is 2.93. The van der Waals surface area contributed by atoms with Crippen molar-refractivity contribution in [1.29, 1.82) is 0 Å². The van der Waals surface area contributed by atoms with E-state index in [2.05, 4.69) is 0 Å². The van der Waals surface area contributed by atoms with Gasteiger partial charge in [-0.2, -0.15) is 11.3 Å². The fourth-order valence-corrected chi connectivity index (χ4v) is 5.22. The number of carbonyl (C=O) groups is 2. The molecule has 2 saturated heterocycles. The van der Waals surface area contributed by atoms with Crippen LogP contribution in [0.25, 0.3) is 0 Å². The zero-order valence-electron chi connectivity index (χ0n) is 13.9. The summed E-state index contributed by atoms with van der Waals surface area (Å²) >= 11 is 1.55. The van der Waals surface area contributed by atoms with Gasteiger partial charge < -0.3 is 4.90 Å². The molecule has 130 valence electrons. The minimum Gasteiger partial charge on any atom is -0.338 e. The third-order valence-corrected chi connectivity index (χ3v) is 6.58. The molecular formula is C18H24N2O3S. The van der Waals surface area contributed by atoms with E-state index in [0.717, 1.165) is 50.6 Å². The zero-order chi connectivity index (χ0) is 16.6. The number of carbonyl (C=O) groups excluding carboxylic acids is 2. The molecule has 1 saturated carbocycles. The van der Waals surface area contributed by atoms with Crippen molar-refractivity contribution in [3.05, 3.63) is 22.4 Å². The second-order valence-corrected chi connectivity index (χ2v) is 8.06. The quantitative estimate of drug-likeness (QED) is 0.826. The smallest absolute Gasteiger partial charge is 0.254 e. The summed E-state index contributed by atoms with van der Waals surface area (Å²) in [4.78, 5) is 33.1. The Morgan fingerprint density at radius 1 is 1.21 bits per heavy atom. The van der Waals surface area contributed by atoms with Crippen LogP contribution >= 0.6 is 11.3 Å². The summed E-state index contributed by atoms with van der Waals surface area (Å²) < 4.78 is 0. The summed E-state index contributed by atoms with van der Waals surface area (Å²) in [7, 11) is 0. The van der Waals surface area contributed by atoms with Crippen molar-refractivity contribution in [2.75, 3.05) is 26.2 Å². The van der Waals surface area contributed by atoms with Crippen molar-refractivity contribution < 1.29 is 14.4 Å². The van der Waals surface area contributed by atoms with Gasteiger partial charge in [0.05, 0.1) is 12.2 Å². The molecule has 2 unspecified atom stereocenters. The van der Waals surface area contributed by atoms with Crippen LogP contribution in [0.2, 0.25) is 0 Å². The molecule has 3 fully saturated rings. The SMILES string of the molecule is O=C(c1ccsc1)N1CCC2(CCCC2C(=O)N2CCCCO2)C1. The minimum atomic E-state index is -0.0381. The lowest BCUT2D eigenvalue weighted by Gasteiger charge is -2.35. The van der Waals surface area contributed by atoms with Crippen LogP contribution in [0.1, 0.15) is 48.9 Å². The van der Waals surface area contributed by atoms with Gasteiger partial charge in [0.25, 0.3) is 5.91 Å². The number of amides is 2. The van der Waals surface area contributed by atoms with Crippen LogP contribution < -0.4 is 0 Å². The van der Waals surface area contributed by atoms with E-state index < -0.39 is 0 Å². The van der Waals surface area contributed by atoms with E-state index >= 15 is 0 Å². The Morgan fingerprint density at radius 2 is 2.12 bits per heavy atom. The zero-order valence-corrected chi connectivity index (χ0v) is 14.7. The van der Waals surface area contributed by atoms with E-state index in [1.54, 1.807) is 16.4 Å². The van der Waals surface area contributed by atoms with Crippen LogP contribution in [0.15, 0.2) is 16.8 Å². The highest BCUT2D eigenvalue weighted by atomic mass is 32.1. The monoisotopic (exact) mass is 348 g/mol. The summed E-state index contributed by atoms with van der Waals surface area (Å²) in [5.74, 6) is 0.272. The molecule has 0 N–H and O–H groups in total. The number of nitrogens with zero attached hydrogens (tertiary/aromatic N) is 2. The number of rotatable bonds is 2. The number of hydrogen-bond donors (Lipinski definition) is 0. The maximum Gasteiger partial charge on any atom is 0.254 e. The van der Waals surface area contributed by atoms with Crippen molar-refractivity contribution in [3.8, 4) is 0 Å². The molecule has 2 aliphatic heterocycles. The Balaban J connectivity index is 1.48. The van der Waals surface area contributed by atoms with Crippen molar-refractivity contribution >= 4 is 23.2 Å². The van der Waals surface area contributed by atoms with E-state index in [1.165, 1.54) is 0 Å². The fraction of sp³-hybridized carbons (Fsp3) is 0.667. The predicted molar refractivity (Wildman–Crippen MR) is 91.5 cm³/mol. The van der Waals surface area contributed by atoms with E-state index in [9.17, 15) is 9.59 Å². The molecule has 1 spiro atoms. The van der Waals surface area contributed by atoms with Crippen LogP contribution in [-0.4, -0.2) is 48.0 Å². The van der Waals surface area contributed by atoms with Gasteiger partial charge in [-0.1, -0.05) is 6.42 Å². The highest BCUT2D eigenvalue weighted by molar-refractivity contribution is 7.08. The van der Waals surface area contributed by atoms with Crippen molar-refractivity contribution in [2.45, 2.75) is 38.5 Å². The number of hydroxylamine groups is 2. The van der Waals surface area contributed by atoms with Gasteiger partial charge in [-0.25, -0.2) is 5.06 Å². The standard InChI is InChI=1S/C18H24N2O3S/c21-16(14-5-11-24-12-14)19-9-7-18(13-19)6-3-4-15(18)17(22)20-8-1-2-10-23-20/h5,11-12,15H,1-4,6-10,13H2. The molecule has 2 amide bonds. The summed E-state index contributed by atoms with van der Waals surface area (Å²) in [6, 6.07) is 1.89. The Morgan fingerprint density at radius 3 is 2.88 bits per heavy atom. The highest BCUT2D eigenvalue weighted by Crippen LogP contribution is 2.50. The number of likely N-dealkylation sites (tertiary alicyclic amines) is 1. The molecule has 2 atom stereocenters. The average Bonchev–Trinajstić information content (AvgIpc) is 3.37. The fourth-order valence-electron chi connectivity index (χ4n) is 4.59. The van der Waals surface area contributed by atoms with E-state index in [1.807, 2.05) is 21.7 Å². The lowest BCUT2D eigenvalue weighted by Crippen LogP contribution is -2.45. The summed E-state index contributed by atoms with van der Waals surface area (Å²) in [5.41, 5.74) is 0.737. The van der Waals surface area contributed by atoms with Gasteiger partial charge in [-0.05, 0) is 43.6 Å². The molecule has 0 radical (unpaired) electrons. The van der Waals surface area contributed by atoms with Crippen molar-refractivity contribution in [2.24, 2.45) is 11.3 Å². The van der Waals surface area contributed by atoms with Gasteiger partial charge in [-0.15, -0.1) is 0 Å². The molecule has 3 heterocycles. The lowest BCUT2D eigenvalue weighted by molar-refractivity contribution is -0.204. The van der Waals surface area contributed by atoms with E-state index in [4.69, 9.17) is 4.84 Å². The first-order valence-corrected chi connectivity index (χ1v) is 9.90. The minimum absolute atomic E-state index is 0.0101. The lowest BCUT2D eigenvalue weighted by atomic mass is 9.76. The Bertz CT molecular complexity index is 612. The van der Waals surface area contributed by atoms with Gasteiger partial charge in [0.15, 0.2) is 0 Å². The third kappa shape index (κ3) is 2.75. The molecule has 0 aromatic carbocycles. The average molecular weight is 348 g/mol. The van der Waals surface area contributed by atoms with Gasteiger partial charge >= 0.3 is 0 Å². The molecule has 1 aromatic heterocycles. The topological polar surface area (TPSA) is 49.9 Å². The highest BCUT2D eigenvalue weighted by Gasteiger charge is 2.52. The first-order valence-electron chi connectivity index (χ1n) is 8.95. The van der Waals surface area contributed by atoms with Gasteiger partial charge in [0, 0.05) is 36.3 Å². The van der Waals surface area contributed by atoms with Crippen LogP contribution in [0, 0.1) is 11.3 Å². The van der Waals surface area contributed by atoms with Gasteiger partial charge in [0.2, 0.25) is 5.91 Å². The normalized spacial score (nSPS) is 30.2. The second-order valence-electron chi connectivity index (χ2n) is 7.28. The largest absolute Gasteiger partial charge is 0.338 e.